The molecule has 15 heavy (non-hydrogen) atoms. The Bertz CT molecular complexity index is 507. The molecule has 4 nitrogen and oxygen atoms in total. The fourth-order valence-electron chi connectivity index (χ4n) is 1.37. The van der Waals surface area contributed by atoms with E-state index in [9.17, 15) is 4.79 Å². The second kappa shape index (κ2) is 4.02. The molecule has 1 heterocycles. The van der Waals surface area contributed by atoms with E-state index in [1.54, 1.807) is 4.68 Å². The minimum Gasteiger partial charge on any atom is -0.481 e. The minimum atomic E-state index is -0.810. The van der Waals surface area contributed by atoms with Crippen LogP contribution in [-0.4, -0.2) is 20.9 Å². The first-order valence-corrected chi connectivity index (χ1v) is 5.29. The zero-order valence-corrected chi connectivity index (χ0v) is 9.44. The second-order valence-corrected chi connectivity index (χ2v) is 4.15. The molecule has 78 valence electrons. The van der Waals surface area contributed by atoms with Crippen LogP contribution in [0.15, 0.2) is 28.9 Å². The smallest absolute Gasteiger partial charge is 0.305 e. The Morgan fingerprint density at radius 1 is 1.53 bits per heavy atom. The summed E-state index contributed by atoms with van der Waals surface area (Å²) in [7, 11) is 0. The van der Waals surface area contributed by atoms with Gasteiger partial charge in [-0.05, 0) is 18.2 Å². The molecule has 1 aromatic heterocycles. The number of carboxylic acids is 1. The number of aromatic nitrogens is 2. The lowest BCUT2D eigenvalue weighted by Gasteiger charge is -1.95. The first-order valence-electron chi connectivity index (χ1n) is 4.50. The highest BCUT2D eigenvalue weighted by Crippen LogP contribution is 2.18. The van der Waals surface area contributed by atoms with E-state index in [2.05, 4.69) is 21.0 Å². The van der Waals surface area contributed by atoms with Crippen LogP contribution in [0.3, 0.4) is 0 Å². The monoisotopic (exact) mass is 268 g/mol. The molecule has 0 aliphatic carbocycles. The maximum Gasteiger partial charge on any atom is 0.305 e. The van der Waals surface area contributed by atoms with Gasteiger partial charge in [-0.3, -0.25) is 9.48 Å². The van der Waals surface area contributed by atoms with E-state index in [-0.39, 0.29) is 6.42 Å². The van der Waals surface area contributed by atoms with E-state index in [0.29, 0.717) is 6.54 Å². The third kappa shape index (κ3) is 2.36. The molecule has 0 saturated heterocycles. The van der Waals surface area contributed by atoms with Crippen molar-refractivity contribution in [1.82, 2.24) is 9.78 Å². The number of benzene rings is 1. The number of aliphatic carboxylic acids is 1. The molecule has 0 aliphatic heterocycles. The summed E-state index contributed by atoms with van der Waals surface area (Å²) in [6.07, 6.45) is 1.94. The van der Waals surface area contributed by atoms with E-state index in [0.717, 1.165) is 15.4 Å². The van der Waals surface area contributed by atoms with Crippen molar-refractivity contribution in [2.24, 2.45) is 0 Å². The van der Waals surface area contributed by atoms with E-state index in [1.165, 1.54) is 0 Å². The quantitative estimate of drug-likeness (QED) is 0.929. The highest BCUT2D eigenvalue weighted by atomic mass is 79.9. The number of hydrogen-bond acceptors (Lipinski definition) is 2. The summed E-state index contributed by atoms with van der Waals surface area (Å²) in [5.41, 5.74) is 0.878. The Hall–Kier alpha value is -1.36. The first-order chi connectivity index (χ1) is 7.15. The van der Waals surface area contributed by atoms with Crippen LogP contribution >= 0.6 is 15.9 Å². The zero-order chi connectivity index (χ0) is 10.8. The molecular formula is C10H9BrN2O2. The van der Waals surface area contributed by atoms with Crippen LogP contribution in [0, 0.1) is 0 Å². The fourth-order valence-corrected chi connectivity index (χ4v) is 1.75. The number of nitrogens with zero attached hydrogens (tertiary/aromatic N) is 2. The molecule has 2 aromatic rings. The van der Waals surface area contributed by atoms with Crippen molar-refractivity contribution in [3.63, 3.8) is 0 Å². The van der Waals surface area contributed by atoms with Crippen molar-refractivity contribution in [3.8, 4) is 0 Å². The standard InChI is InChI=1S/C10H9BrN2O2/c11-8-1-2-9-7(5-8)6-13(12-9)4-3-10(14)15/h1-2,5-6H,3-4H2,(H,14,15). The van der Waals surface area contributed by atoms with Gasteiger partial charge in [0.2, 0.25) is 0 Å². The zero-order valence-electron chi connectivity index (χ0n) is 7.85. The molecule has 1 N–H and O–H groups in total. The van der Waals surface area contributed by atoms with Gasteiger partial charge in [0.1, 0.15) is 0 Å². The largest absolute Gasteiger partial charge is 0.481 e. The van der Waals surface area contributed by atoms with Gasteiger partial charge in [-0.15, -0.1) is 0 Å². The molecule has 0 bridgehead atoms. The number of rotatable bonds is 3. The van der Waals surface area contributed by atoms with Crippen molar-refractivity contribution < 1.29 is 9.90 Å². The number of fused-ring (bicyclic) bond motifs is 1. The predicted molar refractivity (Wildman–Crippen MR) is 59.7 cm³/mol. The molecule has 1 aromatic carbocycles. The molecule has 0 saturated carbocycles. The second-order valence-electron chi connectivity index (χ2n) is 3.24. The van der Waals surface area contributed by atoms with Crippen LogP contribution in [0.5, 0.6) is 0 Å². The van der Waals surface area contributed by atoms with Gasteiger partial charge in [0.05, 0.1) is 18.5 Å². The Morgan fingerprint density at radius 3 is 3.07 bits per heavy atom. The van der Waals surface area contributed by atoms with Crippen LogP contribution in [0.4, 0.5) is 0 Å². The molecule has 0 amide bonds. The van der Waals surface area contributed by atoms with E-state index < -0.39 is 5.97 Å². The van der Waals surface area contributed by atoms with Crippen molar-refractivity contribution >= 4 is 32.8 Å². The lowest BCUT2D eigenvalue weighted by molar-refractivity contribution is -0.137. The van der Waals surface area contributed by atoms with Crippen LogP contribution in [-0.2, 0) is 11.3 Å². The van der Waals surface area contributed by atoms with E-state index >= 15 is 0 Å². The lowest BCUT2D eigenvalue weighted by Crippen LogP contribution is -2.04. The molecule has 0 radical (unpaired) electrons. The van der Waals surface area contributed by atoms with E-state index in [4.69, 9.17) is 5.11 Å². The Morgan fingerprint density at radius 2 is 2.33 bits per heavy atom. The molecular weight excluding hydrogens is 260 g/mol. The van der Waals surface area contributed by atoms with Gasteiger partial charge >= 0.3 is 5.97 Å². The molecule has 0 unspecified atom stereocenters. The SMILES string of the molecule is O=C(O)CCn1cc2cc(Br)ccc2n1. The highest BCUT2D eigenvalue weighted by molar-refractivity contribution is 9.10. The third-order valence-electron chi connectivity index (χ3n) is 2.07. The lowest BCUT2D eigenvalue weighted by atomic mass is 10.3. The van der Waals surface area contributed by atoms with Gasteiger partial charge in [0.15, 0.2) is 0 Å². The summed E-state index contributed by atoms with van der Waals surface area (Å²) in [5.74, 6) is -0.810. The summed E-state index contributed by atoms with van der Waals surface area (Å²) < 4.78 is 2.65. The normalized spacial score (nSPS) is 10.7. The Balaban J connectivity index is 2.27. The van der Waals surface area contributed by atoms with Gasteiger partial charge < -0.3 is 5.11 Å². The summed E-state index contributed by atoms with van der Waals surface area (Å²) >= 11 is 3.37. The summed E-state index contributed by atoms with van der Waals surface area (Å²) in [6, 6.07) is 5.77. The van der Waals surface area contributed by atoms with Crippen molar-refractivity contribution in [3.05, 3.63) is 28.9 Å². The predicted octanol–water partition coefficient (Wildman–Crippen LogP) is 2.27. The highest BCUT2D eigenvalue weighted by Gasteiger charge is 2.02. The van der Waals surface area contributed by atoms with Gasteiger partial charge in [0, 0.05) is 16.1 Å². The van der Waals surface area contributed by atoms with E-state index in [1.807, 2.05) is 24.4 Å². The average molecular weight is 269 g/mol. The van der Waals surface area contributed by atoms with Crippen LogP contribution in [0.2, 0.25) is 0 Å². The Kier molecular flexibility index (Phi) is 2.73. The fraction of sp³-hybridized carbons (Fsp3) is 0.200. The van der Waals surface area contributed by atoms with Gasteiger partial charge in [0.25, 0.3) is 0 Å². The molecule has 0 aliphatic rings. The summed E-state index contributed by atoms with van der Waals surface area (Å²) in [5, 5.41) is 13.8. The topological polar surface area (TPSA) is 55.1 Å². The van der Waals surface area contributed by atoms with Gasteiger partial charge in [-0.25, -0.2) is 0 Å². The average Bonchev–Trinajstić information content (AvgIpc) is 2.56. The molecule has 0 spiro atoms. The number of halogens is 1. The molecule has 0 atom stereocenters. The molecule has 2 rings (SSSR count). The maximum atomic E-state index is 10.4. The molecule has 0 fully saturated rings. The van der Waals surface area contributed by atoms with Crippen LogP contribution in [0.1, 0.15) is 6.42 Å². The first kappa shape index (κ1) is 10.2. The van der Waals surface area contributed by atoms with Gasteiger partial charge in [-0.1, -0.05) is 15.9 Å². The Labute approximate surface area is 94.6 Å². The summed E-state index contributed by atoms with van der Waals surface area (Å²) in [6.45, 7) is 0.404. The third-order valence-corrected chi connectivity index (χ3v) is 2.56. The van der Waals surface area contributed by atoms with Crippen molar-refractivity contribution in [2.75, 3.05) is 0 Å². The maximum absolute atomic E-state index is 10.4. The number of aryl methyl sites for hydroxylation is 1. The minimum absolute atomic E-state index is 0.0924. The number of hydrogen-bond donors (Lipinski definition) is 1. The molecule has 5 heteroatoms. The van der Waals surface area contributed by atoms with Crippen molar-refractivity contribution in [2.45, 2.75) is 13.0 Å². The van der Waals surface area contributed by atoms with Crippen LogP contribution in [0.25, 0.3) is 10.9 Å². The van der Waals surface area contributed by atoms with Crippen molar-refractivity contribution in [1.29, 1.82) is 0 Å². The van der Waals surface area contributed by atoms with Gasteiger partial charge in [-0.2, -0.15) is 5.10 Å². The summed E-state index contributed by atoms with van der Waals surface area (Å²) in [4.78, 5) is 10.4. The number of carbonyl (C=O) groups is 1. The number of carboxylic acid groups (broad SMARTS) is 1. The van der Waals surface area contributed by atoms with Crippen LogP contribution < -0.4 is 0 Å².